The molecule has 5 rings (SSSR count). The molecule has 0 aliphatic carbocycles. The standard InChI is InChI=1S/C31H29ClFN3O6/c1-2-3-11-35(31(39)34-24-6-4-5-23(33)14-24)17-29(37)36(15-20-7-9-27-28(12-20)42-19-41-27)16-21-18-40-26-10-8-22(32)13-25(26)30(21)38/h4-10,12-14,18H,2-3,11,15-17,19H2,1H3,(H,34,39). The molecule has 11 heteroatoms. The van der Waals surface area contributed by atoms with Crippen molar-refractivity contribution in [2.24, 2.45) is 0 Å². The maximum absolute atomic E-state index is 13.8. The number of unbranched alkanes of at least 4 members (excludes halogenated alkanes) is 1. The number of carbonyl (C=O) groups is 2. The Morgan fingerprint density at radius 2 is 1.83 bits per heavy atom. The van der Waals surface area contributed by atoms with Crippen molar-refractivity contribution < 1.29 is 27.9 Å². The summed E-state index contributed by atoms with van der Waals surface area (Å²) in [4.78, 5) is 43.2. The predicted molar refractivity (Wildman–Crippen MR) is 156 cm³/mol. The van der Waals surface area contributed by atoms with Gasteiger partial charge in [0.25, 0.3) is 0 Å². The van der Waals surface area contributed by atoms with Crippen LogP contribution in [0.1, 0.15) is 30.9 Å². The third-order valence-electron chi connectivity index (χ3n) is 6.80. The van der Waals surface area contributed by atoms with Crippen LogP contribution in [0.25, 0.3) is 11.0 Å². The van der Waals surface area contributed by atoms with Gasteiger partial charge in [-0.2, -0.15) is 0 Å². The molecule has 0 saturated carbocycles. The van der Waals surface area contributed by atoms with E-state index in [4.69, 9.17) is 25.5 Å². The van der Waals surface area contributed by atoms with Crippen molar-refractivity contribution in [3.05, 3.63) is 99.1 Å². The van der Waals surface area contributed by atoms with Crippen molar-refractivity contribution in [1.29, 1.82) is 0 Å². The van der Waals surface area contributed by atoms with E-state index in [9.17, 15) is 18.8 Å². The summed E-state index contributed by atoms with van der Waals surface area (Å²) in [6, 6.07) is 15.1. The summed E-state index contributed by atoms with van der Waals surface area (Å²) in [6.45, 7) is 2.16. The number of hydrogen-bond donors (Lipinski definition) is 1. The number of anilines is 1. The molecule has 1 aliphatic rings. The highest BCUT2D eigenvalue weighted by Gasteiger charge is 2.24. The van der Waals surface area contributed by atoms with Gasteiger partial charge in [-0.25, -0.2) is 9.18 Å². The van der Waals surface area contributed by atoms with Crippen molar-refractivity contribution in [2.45, 2.75) is 32.9 Å². The van der Waals surface area contributed by atoms with Crippen LogP contribution in [0.2, 0.25) is 5.02 Å². The van der Waals surface area contributed by atoms with E-state index >= 15 is 0 Å². The average molecular weight is 594 g/mol. The Kier molecular flexibility index (Phi) is 8.92. The molecule has 3 aromatic carbocycles. The fourth-order valence-corrected chi connectivity index (χ4v) is 4.76. The minimum atomic E-state index is -0.537. The average Bonchev–Trinajstić information content (AvgIpc) is 3.44. The molecule has 4 aromatic rings. The van der Waals surface area contributed by atoms with E-state index in [1.54, 1.807) is 30.3 Å². The van der Waals surface area contributed by atoms with Gasteiger partial charge in [0.05, 0.1) is 23.8 Å². The van der Waals surface area contributed by atoms with Crippen LogP contribution in [-0.4, -0.2) is 41.6 Å². The lowest BCUT2D eigenvalue weighted by atomic mass is 10.1. The SMILES string of the molecule is CCCCN(CC(=O)N(Cc1ccc2c(c1)OCO2)Cc1coc2ccc(Cl)cc2c1=O)C(=O)Nc1cccc(F)c1. The van der Waals surface area contributed by atoms with E-state index in [-0.39, 0.29) is 43.1 Å². The molecule has 2 heterocycles. The number of hydrogen-bond acceptors (Lipinski definition) is 6. The minimum Gasteiger partial charge on any atom is -0.464 e. The monoisotopic (exact) mass is 593 g/mol. The first kappa shape index (κ1) is 28.9. The maximum Gasteiger partial charge on any atom is 0.322 e. The molecule has 218 valence electrons. The fourth-order valence-electron chi connectivity index (χ4n) is 4.58. The maximum atomic E-state index is 13.8. The molecule has 3 amide bonds. The van der Waals surface area contributed by atoms with Crippen LogP contribution in [-0.2, 0) is 17.9 Å². The number of urea groups is 1. The van der Waals surface area contributed by atoms with Crippen LogP contribution in [0.5, 0.6) is 11.5 Å². The first-order valence-corrected chi connectivity index (χ1v) is 13.9. The molecule has 0 fully saturated rings. The number of nitrogens with one attached hydrogen (secondary N) is 1. The van der Waals surface area contributed by atoms with E-state index < -0.39 is 17.8 Å². The van der Waals surface area contributed by atoms with E-state index in [1.165, 1.54) is 40.3 Å². The largest absolute Gasteiger partial charge is 0.464 e. The Labute approximate surface area is 246 Å². The molecule has 42 heavy (non-hydrogen) atoms. The van der Waals surface area contributed by atoms with Gasteiger partial charge in [0.15, 0.2) is 16.9 Å². The molecule has 0 unspecified atom stereocenters. The second-order valence-electron chi connectivity index (χ2n) is 9.88. The fraction of sp³-hybridized carbons (Fsp3) is 0.258. The summed E-state index contributed by atoms with van der Waals surface area (Å²) in [5, 5.41) is 3.35. The second kappa shape index (κ2) is 12.9. The molecule has 0 bridgehead atoms. The van der Waals surface area contributed by atoms with Gasteiger partial charge < -0.3 is 29.0 Å². The molecule has 1 aliphatic heterocycles. The van der Waals surface area contributed by atoms with Crippen molar-refractivity contribution in [3.63, 3.8) is 0 Å². The number of carbonyl (C=O) groups excluding carboxylic acids is 2. The Bertz CT molecular complexity index is 1680. The summed E-state index contributed by atoms with van der Waals surface area (Å²) in [6.07, 6.45) is 2.78. The molecular formula is C31H29ClFN3O6. The normalized spacial score (nSPS) is 11.9. The van der Waals surface area contributed by atoms with Gasteiger partial charge in [0, 0.05) is 23.8 Å². The second-order valence-corrected chi connectivity index (χ2v) is 10.3. The Hall–Kier alpha value is -4.57. The summed E-state index contributed by atoms with van der Waals surface area (Å²) < 4.78 is 30.3. The zero-order valence-corrected chi connectivity index (χ0v) is 23.7. The highest BCUT2D eigenvalue weighted by atomic mass is 35.5. The Morgan fingerprint density at radius 1 is 1.00 bits per heavy atom. The van der Waals surface area contributed by atoms with Crippen LogP contribution in [0.15, 0.2) is 76.1 Å². The number of fused-ring (bicyclic) bond motifs is 2. The van der Waals surface area contributed by atoms with E-state index in [0.717, 1.165) is 12.0 Å². The van der Waals surface area contributed by atoms with Gasteiger partial charge >= 0.3 is 6.03 Å². The lowest BCUT2D eigenvalue weighted by Gasteiger charge is -2.28. The van der Waals surface area contributed by atoms with Gasteiger partial charge in [0.2, 0.25) is 12.7 Å². The molecule has 0 spiro atoms. The number of benzene rings is 3. The molecule has 0 atom stereocenters. The zero-order valence-electron chi connectivity index (χ0n) is 22.9. The van der Waals surface area contributed by atoms with Gasteiger partial charge in [-0.05, 0) is 60.5 Å². The van der Waals surface area contributed by atoms with Gasteiger partial charge in [-0.3, -0.25) is 9.59 Å². The number of halogens is 2. The Morgan fingerprint density at radius 3 is 2.64 bits per heavy atom. The molecule has 9 nitrogen and oxygen atoms in total. The topological polar surface area (TPSA) is 101 Å². The quantitative estimate of drug-likeness (QED) is 0.236. The first-order valence-electron chi connectivity index (χ1n) is 13.5. The molecular weight excluding hydrogens is 565 g/mol. The molecule has 1 N–H and O–H groups in total. The molecule has 0 radical (unpaired) electrons. The number of ether oxygens (including phenoxy) is 2. The Balaban J connectivity index is 1.42. The lowest BCUT2D eigenvalue weighted by Crippen LogP contribution is -2.44. The van der Waals surface area contributed by atoms with Crippen molar-refractivity contribution in [2.75, 3.05) is 25.2 Å². The van der Waals surface area contributed by atoms with Crippen LogP contribution >= 0.6 is 11.6 Å². The van der Waals surface area contributed by atoms with Crippen LogP contribution < -0.4 is 20.2 Å². The van der Waals surface area contributed by atoms with E-state index in [0.29, 0.717) is 40.5 Å². The van der Waals surface area contributed by atoms with Gasteiger partial charge in [0.1, 0.15) is 17.9 Å². The third kappa shape index (κ3) is 6.83. The van der Waals surface area contributed by atoms with Crippen molar-refractivity contribution in [3.8, 4) is 11.5 Å². The van der Waals surface area contributed by atoms with Crippen molar-refractivity contribution >= 4 is 40.2 Å². The lowest BCUT2D eigenvalue weighted by molar-refractivity contribution is -0.133. The first-order chi connectivity index (χ1) is 20.3. The van der Waals surface area contributed by atoms with Crippen LogP contribution in [0, 0.1) is 5.82 Å². The van der Waals surface area contributed by atoms with E-state index in [1.807, 2.05) is 13.0 Å². The summed E-state index contributed by atoms with van der Waals surface area (Å²) >= 11 is 6.12. The van der Waals surface area contributed by atoms with Crippen molar-refractivity contribution in [1.82, 2.24) is 9.80 Å². The predicted octanol–water partition coefficient (Wildman–Crippen LogP) is 6.18. The number of rotatable bonds is 10. The zero-order chi connectivity index (χ0) is 29.6. The summed E-state index contributed by atoms with van der Waals surface area (Å²) in [5.41, 5.74) is 1.34. The summed E-state index contributed by atoms with van der Waals surface area (Å²) in [5.74, 6) is 0.264. The van der Waals surface area contributed by atoms with Gasteiger partial charge in [-0.15, -0.1) is 0 Å². The summed E-state index contributed by atoms with van der Waals surface area (Å²) in [7, 11) is 0. The number of amides is 3. The van der Waals surface area contributed by atoms with Crippen LogP contribution in [0.3, 0.4) is 0 Å². The van der Waals surface area contributed by atoms with Gasteiger partial charge in [-0.1, -0.05) is 37.1 Å². The molecule has 1 aromatic heterocycles. The van der Waals surface area contributed by atoms with Crippen LogP contribution in [0.4, 0.5) is 14.9 Å². The number of nitrogens with zero attached hydrogens (tertiary/aromatic N) is 2. The highest BCUT2D eigenvalue weighted by molar-refractivity contribution is 6.31. The minimum absolute atomic E-state index is 0.0782. The van der Waals surface area contributed by atoms with E-state index in [2.05, 4.69) is 5.32 Å². The third-order valence-corrected chi connectivity index (χ3v) is 7.04. The smallest absolute Gasteiger partial charge is 0.322 e. The molecule has 0 saturated heterocycles. The highest BCUT2D eigenvalue weighted by Crippen LogP contribution is 2.33.